The first-order chi connectivity index (χ1) is 21.8. The lowest BCUT2D eigenvalue weighted by Gasteiger charge is -2.41. The van der Waals surface area contributed by atoms with Crippen LogP contribution < -0.4 is 4.72 Å². The number of halogens is 1. The van der Waals surface area contributed by atoms with Crippen molar-refractivity contribution in [2.75, 3.05) is 13.2 Å². The molecule has 0 fully saturated rings. The van der Waals surface area contributed by atoms with Gasteiger partial charge in [-0.15, -0.1) is 0 Å². The molecule has 1 aliphatic rings. The summed E-state index contributed by atoms with van der Waals surface area (Å²) in [5.74, 6) is -0.890. The lowest BCUT2D eigenvalue weighted by molar-refractivity contribution is 0.103. The van der Waals surface area contributed by atoms with E-state index in [0.29, 0.717) is 12.8 Å². The van der Waals surface area contributed by atoms with E-state index in [0.717, 1.165) is 37.3 Å². The Bertz CT molecular complexity index is 1830. The van der Waals surface area contributed by atoms with Crippen molar-refractivity contribution in [2.24, 2.45) is 0 Å². The number of hydrogen-bond donors (Lipinski definition) is 1. The van der Waals surface area contributed by atoms with E-state index in [4.69, 9.17) is 20.6 Å². The van der Waals surface area contributed by atoms with Crippen LogP contribution in [0.5, 0.6) is 0 Å². The number of unbranched alkanes of at least 4 members (excludes halogenated alkanes) is 4. The van der Waals surface area contributed by atoms with E-state index in [2.05, 4.69) is 4.72 Å². The summed E-state index contributed by atoms with van der Waals surface area (Å²) in [4.78, 5) is 12.8. The monoisotopic (exact) mass is 707 g/mol. The molecule has 0 saturated carbocycles. The van der Waals surface area contributed by atoms with Crippen LogP contribution in [0.3, 0.4) is 0 Å². The SMILES string of the molecule is CCCCCOP(=O)(OCCCCC)C1(NS(=O)(=O)c2ccc(C)cc2)C=C(S(=O)(=O)c2ccc(Cl)cc2)C(=O)c2ccccc21. The van der Waals surface area contributed by atoms with E-state index >= 15 is 4.57 Å². The van der Waals surface area contributed by atoms with Gasteiger partial charge in [-0.1, -0.05) is 93.1 Å². The summed E-state index contributed by atoms with van der Waals surface area (Å²) in [5.41, 5.74) is 0.612. The fourth-order valence-electron chi connectivity index (χ4n) is 5.08. The highest BCUT2D eigenvalue weighted by atomic mass is 35.5. The van der Waals surface area contributed by atoms with Crippen LogP contribution >= 0.6 is 19.2 Å². The molecule has 4 rings (SSSR count). The molecule has 9 nitrogen and oxygen atoms in total. The maximum absolute atomic E-state index is 15.4. The maximum atomic E-state index is 15.4. The Morgan fingerprint density at radius 3 is 1.89 bits per heavy atom. The van der Waals surface area contributed by atoms with E-state index in [9.17, 15) is 21.6 Å². The van der Waals surface area contributed by atoms with Crippen molar-refractivity contribution >= 4 is 44.8 Å². The lowest BCUT2D eigenvalue weighted by Crippen LogP contribution is -2.48. The summed E-state index contributed by atoms with van der Waals surface area (Å²) in [6.07, 6.45) is 5.01. The van der Waals surface area contributed by atoms with Crippen molar-refractivity contribution in [1.82, 2.24) is 4.72 Å². The van der Waals surface area contributed by atoms with Gasteiger partial charge in [0, 0.05) is 16.1 Å². The number of benzene rings is 3. The van der Waals surface area contributed by atoms with E-state index in [1.54, 1.807) is 25.1 Å². The van der Waals surface area contributed by atoms with E-state index < -0.39 is 43.4 Å². The molecule has 13 heteroatoms. The summed E-state index contributed by atoms with van der Waals surface area (Å²) < 4.78 is 86.6. The number of hydrogen-bond acceptors (Lipinski definition) is 8. The molecule has 1 atom stereocenters. The third-order valence-electron chi connectivity index (χ3n) is 7.63. The first-order valence-corrected chi connectivity index (χ1v) is 20.1. The Hall–Kier alpha value is -2.63. The van der Waals surface area contributed by atoms with Gasteiger partial charge < -0.3 is 9.05 Å². The van der Waals surface area contributed by atoms with Crippen LogP contribution in [-0.4, -0.2) is 35.8 Å². The van der Waals surface area contributed by atoms with Gasteiger partial charge in [-0.25, -0.2) is 16.8 Å². The van der Waals surface area contributed by atoms with Crippen molar-refractivity contribution in [2.45, 2.75) is 74.4 Å². The Balaban J connectivity index is 2.05. The largest absolute Gasteiger partial charge is 0.360 e. The number of Topliss-reactive ketones (excluding diaryl/α,β-unsaturated/α-hetero) is 1. The second-order valence-corrected chi connectivity index (χ2v) is 17.4. The number of nitrogens with one attached hydrogen (secondary N) is 1. The van der Waals surface area contributed by atoms with Crippen molar-refractivity contribution in [3.63, 3.8) is 0 Å². The van der Waals surface area contributed by atoms with Gasteiger partial charge in [0.15, 0.2) is 5.28 Å². The van der Waals surface area contributed by atoms with Crippen LogP contribution in [0.25, 0.3) is 0 Å². The molecule has 0 aromatic heterocycles. The molecule has 0 heterocycles. The number of carbonyl (C=O) groups excluding carboxylic acids is 1. The lowest BCUT2D eigenvalue weighted by atomic mass is 9.92. The molecule has 0 aliphatic heterocycles. The standard InChI is InChI=1S/C33H39ClNO8PS2/c1-4-6-10-22-42-44(37,43-23-11-7-5-2)33(35-46(40,41)28-18-14-25(3)15-19-28)24-31(32(36)29-12-8-9-13-30(29)33)45(38,39)27-20-16-26(34)17-21-27/h8-9,12-21,24,35H,4-7,10-11,22-23H2,1-3H3. The van der Waals surface area contributed by atoms with E-state index in [1.165, 1.54) is 54.6 Å². The molecule has 46 heavy (non-hydrogen) atoms. The summed E-state index contributed by atoms with van der Waals surface area (Å²) in [6.45, 7) is 5.65. The quantitative estimate of drug-likeness (QED) is 0.117. The van der Waals surface area contributed by atoms with Crippen LogP contribution in [0.4, 0.5) is 0 Å². The number of fused-ring (bicyclic) bond motifs is 1. The number of aryl methyl sites for hydroxylation is 1. The Morgan fingerprint density at radius 1 is 0.783 bits per heavy atom. The van der Waals surface area contributed by atoms with Crippen LogP contribution in [0.2, 0.25) is 5.02 Å². The fourth-order valence-corrected chi connectivity index (χ4v) is 10.7. The molecule has 0 amide bonds. The second kappa shape index (κ2) is 15.1. The number of sulfonamides is 1. The highest BCUT2D eigenvalue weighted by Crippen LogP contribution is 2.67. The molecule has 0 saturated heterocycles. The summed E-state index contributed by atoms with van der Waals surface area (Å²) in [7, 11) is -13.8. The molecular weight excluding hydrogens is 669 g/mol. The number of carbonyl (C=O) groups is 1. The fraction of sp³-hybridized carbons (Fsp3) is 0.364. The molecule has 0 spiro atoms. The average Bonchev–Trinajstić information content (AvgIpc) is 3.03. The van der Waals surface area contributed by atoms with Crippen LogP contribution in [-0.2, 0) is 38.8 Å². The van der Waals surface area contributed by atoms with Gasteiger partial charge in [0.25, 0.3) is 0 Å². The molecule has 0 radical (unpaired) electrons. The van der Waals surface area contributed by atoms with Gasteiger partial charge in [-0.05, 0) is 62.2 Å². The van der Waals surface area contributed by atoms with Gasteiger partial charge in [-0.2, -0.15) is 4.72 Å². The van der Waals surface area contributed by atoms with Gasteiger partial charge in [-0.3, -0.25) is 9.36 Å². The topological polar surface area (TPSA) is 133 Å². The predicted octanol–water partition coefficient (Wildman–Crippen LogP) is 7.94. The zero-order chi connectivity index (χ0) is 33.6. The van der Waals surface area contributed by atoms with Crippen molar-refractivity contribution in [1.29, 1.82) is 0 Å². The third kappa shape index (κ3) is 7.57. The molecule has 1 unspecified atom stereocenters. The molecule has 248 valence electrons. The number of ketones is 1. The average molecular weight is 708 g/mol. The van der Waals surface area contributed by atoms with Gasteiger partial charge in [0.1, 0.15) is 4.91 Å². The van der Waals surface area contributed by atoms with Gasteiger partial charge in [0.2, 0.25) is 25.6 Å². The normalized spacial score (nSPS) is 17.0. The van der Waals surface area contributed by atoms with Crippen molar-refractivity contribution in [3.8, 4) is 0 Å². The minimum Gasteiger partial charge on any atom is -0.307 e. The zero-order valence-electron chi connectivity index (χ0n) is 26.1. The van der Waals surface area contributed by atoms with Crippen LogP contribution in [0.15, 0.2) is 93.6 Å². The summed E-state index contributed by atoms with van der Waals surface area (Å²) >= 11 is 6.01. The van der Waals surface area contributed by atoms with Gasteiger partial charge in [0.05, 0.1) is 23.0 Å². The number of allylic oxidation sites excluding steroid dienone is 1. The molecule has 1 aliphatic carbocycles. The zero-order valence-corrected chi connectivity index (χ0v) is 29.4. The van der Waals surface area contributed by atoms with Crippen molar-refractivity contribution < 1.29 is 35.2 Å². The van der Waals surface area contributed by atoms with Gasteiger partial charge >= 0.3 is 7.60 Å². The summed E-state index contributed by atoms with van der Waals surface area (Å²) in [5, 5.41) is -2.16. The molecule has 3 aromatic rings. The summed E-state index contributed by atoms with van der Waals surface area (Å²) in [6, 6.07) is 17.1. The highest BCUT2D eigenvalue weighted by molar-refractivity contribution is 7.96. The first-order valence-electron chi connectivity index (χ1n) is 15.2. The third-order valence-corrected chi connectivity index (χ3v) is 13.7. The highest BCUT2D eigenvalue weighted by Gasteiger charge is 2.58. The van der Waals surface area contributed by atoms with E-state index in [1.807, 2.05) is 13.8 Å². The Labute approximate surface area is 276 Å². The molecule has 3 aromatic carbocycles. The number of rotatable bonds is 16. The first kappa shape index (κ1) is 36.2. The van der Waals surface area contributed by atoms with Crippen LogP contribution in [0.1, 0.15) is 73.9 Å². The molecular formula is C33H39ClNO8PS2. The molecule has 0 bridgehead atoms. The maximum Gasteiger partial charge on any atom is 0.360 e. The second-order valence-electron chi connectivity index (χ2n) is 11.1. The Kier molecular flexibility index (Phi) is 11.9. The minimum absolute atomic E-state index is 0.0416. The van der Waals surface area contributed by atoms with Crippen LogP contribution in [0, 0.1) is 6.92 Å². The van der Waals surface area contributed by atoms with Crippen molar-refractivity contribution in [3.05, 3.63) is 105 Å². The van der Waals surface area contributed by atoms with E-state index in [-0.39, 0.29) is 39.2 Å². The number of sulfone groups is 1. The molecule has 1 N–H and O–H groups in total. The minimum atomic E-state index is -4.70. The predicted molar refractivity (Wildman–Crippen MR) is 179 cm³/mol. The Morgan fingerprint density at radius 2 is 1.33 bits per heavy atom. The smallest absolute Gasteiger partial charge is 0.307 e.